The van der Waals surface area contributed by atoms with Gasteiger partial charge in [-0.25, -0.2) is 8.42 Å². The number of hydrogen-bond acceptors (Lipinski definition) is 7. The highest BCUT2D eigenvalue weighted by atomic mass is 35.5. The van der Waals surface area contributed by atoms with Crippen LogP contribution in [0.4, 0.5) is 0 Å². The van der Waals surface area contributed by atoms with Crippen molar-refractivity contribution < 1.29 is 21.0 Å². The number of thiol groups is 1. The fourth-order valence-electron chi connectivity index (χ4n) is 3.32. The fourth-order valence-corrected chi connectivity index (χ4v) is 4.96. The van der Waals surface area contributed by atoms with Gasteiger partial charge in [-0.1, -0.05) is 59.6 Å². The van der Waals surface area contributed by atoms with Gasteiger partial charge in [0.05, 0.1) is 23.2 Å². The van der Waals surface area contributed by atoms with E-state index in [1.807, 2.05) is 6.92 Å². The summed E-state index contributed by atoms with van der Waals surface area (Å²) in [6.07, 6.45) is 1.31. The molecular weight excluding hydrogens is 512 g/mol. The van der Waals surface area contributed by atoms with Gasteiger partial charge < -0.3 is 4.18 Å². The van der Waals surface area contributed by atoms with E-state index in [9.17, 15) is 21.6 Å². The first-order chi connectivity index (χ1) is 16.6. The largest absolute Gasteiger partial charge is 0.372 e. The highest BCUT2D eigenvalue weighted by molar-refractivity contribution is 7.87. The lowest BCUT2D eigenvalue weighted by Crippen LogP contribution is -2.25. The molecule has 0 radical (unpaired) electrons. The average molecular weight is 531 g/mol. The van der Waals surface area contributed by atoms with Gasteiger partial charge in [0.1, 0.15) is 15.6 Å². The van der Waals surface area contributed by atoms with Crippen LogP contribution in [0.15, 0.2) is 88.7 Å². The lowest BCUT2D eigenvalue weighted by atomic mass is 10.1. The number of nitrogens with zero attached hydrogens (tertiary/aromatic N) is 2. The number of aryl methyl sites for hydroxylation is 1. The monoisotopic (exact) mass is 530 g/mol. The third kappa shape index (κ3) is 5.61. The van der Waals surface area contributed by atoms with E-state index in [1.165, 1.54) is 24.4 Å². The number of aromatic nitrogens is 2. The van der Waals surface area contributed by atoms with Gasteiger partial charge in [-0.05, 0) is 48.4 Å². The summed E-state index contributed by atoms with van der Waals surface area (Å²) in [6, 6.07) is 18.6. The van der Waals surface area contributed by atoms with E-state index in [2.05, 4.69) is 5.10 Å². The molecule has 0 unspecified atom stereocenters. The van der Waals surface area contributed by atoms with Crippen LogP contribution in [0, 0.1) is 6.92 Å². The van der Waals surface area contributed by atoms with E-state index >= 15 is 0 Å². The molecule has 11 heteroatoms. The third-order valence-electron chi connectivity index (χ3n) is 5.07. The number of halogens is 1. The Kier molecular flexibility index (Phi) is 7.06. The van der Waals surface area contributed by atoms with Crippen molar-refractivity contribution in [3.63, 3.8) is 0 Å². The summed E-state index contributed by atoms with van der Waals surface area (Å²) >= 11 is 6.05. The van der Waals surface area contributed by atoms with Gasteiger partial charge >= 0.3 is 15.7 Å². The maximum absolute atomic E-state index is 13.4. The predicted octanol–water partition coefficient (Wildman–Crippen LogP) is 3.74. The molecule has 4 aromatic rings. The first-order valence-electron chi connectivity index (χ1n) is 10.2. The smallest absolute Gasteiger partial charge is 0.339 e. The second-order valence-electron chi connectivity index (χ2n) is 7.62. The lowest BCUT2D eigenvalue weighted by Gasteiger charge is -2.14. The van der Waals surface area contributed by atoms with Gasteiger partial charge in [0.15, 0.2) is 0 Å². The van der Waals surface area contributed by atoms with Gasteiger partial charge in [-0.2, -0.15) is 18.2 Å². The van der Waals surface area contributed by atoms with Gasteiger partial charge in [0.25, 0.3) is 0 Å². The quantitative estimate of drug-likeness (QED) is 0.286. The van der Waals surface area contributed by atoms with Crippen LogP contribution in [-0.4, -0.2) is 26.6 Å². The topological polar surface area (TPSA) is 112 Å². The first kappa shape index (κ1) is 24.6. The summed E-state index contributed by atoms with van der Waals surface area (Å²) in [5.74, 6) is -0.599. The average Bonchev–Trinajstić information content (AvgIpc) is 2.81. The van der Waals surface area contributed by atoms with E-state index in [4.69, 9.17) is 15.8 Å². The van der Waals surface area contributed by atoms with Crippen molar-refractivity contribution >= 4 is 32.4 Å². The molecular formula is C24H19ClN2O6S2. The molecule has 3 aromatic carbocycles. The van der Waals surface area contributed by atoms with Gasteiger partial charge in [0.2, 0.25) is 5.75 Å². The van der Waals surface area contributed by atoms with Crippen molar-refractivity contribution in [1.29, 1.82) is 0 Å². The molecule has 0 saturated carbocycles. The molecule has 0 aliphatic carbocycles. The molecule has 4 rings (SSSR count). The summed E-state index contributed by atoms with van der Waals surface area (Å²) in [4.78, 5) is 13.3. The van der Waals surface area contributed by atoms with Gasteiger partial charge in [-0.15, -0.1) is 0 Å². The van der Waals surface area contributed by atoms with Crippen molar-refractivity contribution in [3.05, 3.63) is 105 Å². The van der Waals surface area contributed by atoms with Gasteiger partial charge in [-0.3, -0.25) is 4.79 Å². The summed E-state index contributed by atoms with van der Waals surface area (Å²) in [5, 5.41) is 4.55. The molecule has 0 fully saturated rings. The zero-order chi connectivity index (χ0) is 25.2. The molecule has 8 nitrogen and oxygen atoms in total. The van der Waals surface area contributed by atoms with Crippen molar-refractivity contribution in [3.8, 4) is 22.6 Å². The van der Waals surface area contributed by atoms with Crippen LogP contribution < -0.4 is 9.74 Å². The van der Waals surface area contributed by atoms with E-state index in [1.54, 1.807) is 54.6 Å². The van der Waals surface area contributed by atoms with Crippen molar-refractivity contribution in [2.24, 2.45) is 0 Å². The Morgan fingerprint density at radius 1 is 1.00 bits per heavy atom. The first-order valence-corrected chi connectivity index (χ1v) is 13.4. The fraction of sp³-hybridized carbons (Fsp3) is 0.0833. The molecule has 35 heavy (non-hydrogen) atoms. The Morgan fingerprint density at radius 2 is 1.69 bits per heavy atom. The van der Waals surface area contributed by atoms with E-state index < -0.39 is 32.1 Å². The van der Waals surface area contributed by atoms with Crippen molar-refractivity contribution in [1.82, 2.24) is 9.78 Å². The van der Waals surface area contributed by atoms with Crippen molar-refractivity contribution in [2.45, 2.75) is 17.6 Å². The highest BCUT2D eigenvalue weighted by Crippen LogP contribution is 2.29. The molecule has 0 spiro atoms. The molecule has 0 N–H and O–H groups in total. The minimum Gasteiger partial charge on any atom is -0.372 e. The second kappa shape index (κ2) is 10.0. The van der Waals surface area contributed by atoms with Crippen molar-refractivity contribution in [2.75, 3.05) is 0 Å². The van der Waals surface area contributed by atoms with Crippen LogP contribution in [0.1, 0.15) is 11.1 Å². The summed E-state index contributed by atoms with van der Waals surface area (Å²) < 4.78 is 54.5. The van der Waals surface area contributed by atoms with Crippen LogP contribution in [-0.2, 0) is 26.6 Å². The van der Waals surface area contributed by atoms with Crippen LogP contribution in [0.2, 0.25) is 5.02 Å². The van der Waals surface area contributed by atoms with Crippen LogP contribution in [0.3, 0.4) is 0 Å². The Bertz CT molecular complexity index is 1620. The number of rotatable bonds is 7. The maximum Gasteiger partial charge on any atom is 0.339 e. The third-order valence-corrected chi connectivity index (χ3v) is 7.16. The van der Waals surface area contributed by atoms with Gasteiger partial charge in [0, 0.05) is 5.02 Å². The van der Waals surface area contributed by atoms with E-state index in [0.717, 1.165) is 10.2 Å². The highest BCUT2D eigenvalue weighted by Gasteiger charge is 2.24. The molecule has 0 amide bonds. The lowest BCUT2D eigenvalue weighted by molar-refractivity contribution is 0.479. The summed E-state index contributed by atoms with van der Waals surface area (Å²) in [7, 11) is -6.97. The van der Waals surface area contributed by atoms with E-state index in [0.29, 0.717) is 21.8 Å². The molecule has 0 atom stereocenters. The summed E-state index contributed by atoms with van der Waals surface area (Å²) in [6.45, 7) is 1.81. The molecule has 1 heterocycles. The number of benzene rings is 3. The molecule has 0 bridgehead atoms. The SMILES string of the molecule is Cc1ccc(S(=O)(=O)Oc2c(-c3ccc(C[SH](=O)=O)cc3)cnn(-c3cccc(Cl)c3)c2=O)cc1. The Morgan fingerprint density at radius 3 is 2.31 bits per heavy atom. The molecule has 0 saturated heterocycles. The van der Waals surface area contributed by atoms with E-state index in [-0.39, 0.29) is 16.2 Å². The molecule has 1 aromatic heterocycles. The summed E-state index contributed by atoms with van der Waals surface area (Å²) in [5.41, 5.74) is 1.46. The molecule has 180 valence electrons. The Labute approximate surface area is 208 Å². The minimum absolute atomic E-state index is 0.117. The van der Waals surface area contributed by atoms with Crippen LogP contribution in [0.5, 0.6) is 5.75 Å². The second-order valence-corrected chi connectivity index (χ2v) is 10.6. The molecule has 0 aliphatic rings. The Hall–Kier alpha value is -3.47. The molecule has 0 aliphatic heterocycles. The van der Waals surface area contributed by atoms with Crippen LogP contribution in [0.25, 0.3) is 16.8 Å². The van der Waals surface area contributed by atoms with Crippen LogP contribution >= 0.6 is 11.6 Å². The zero-order valence-corrected chi connectivity index (χ0v) is 20.8. The minimum atomic E-state index is -4.36. The predicted molar refractivity (Wildman–Crippen MR) is 133 cm³/mol. The normalized spacial score (nSPS) is 11.5. The maximum atomic E-state index is 13.4. The zero-order valence-electron chi connectivity index (χ0n) is 18.3. The standard InChI is InChI=1S/C24H19ClN2O6S2/c1-16-5-11-21(12-6-16)35(31,32)33-23-22(18-9-7-17(8-10-18)15-34(29)30)14-26-27(24(23)28)20-4-2-3-19(25)13-20/h2-14,34H,15H2,1H3. The Balaban J connectivity index is 1.87. The number of hydrogen-bond donors (Lipinski definition) is 1.